The Morgan fingerprint density at radius 2 is 1.55 bits per heavy atom. The molecule has 5 nitrogen and oxygen atoms in total. The van der Waals surface area contributed by atoms with Gasteiger partial charge in [-0.05, 0) is 99.8 Å². The third kappa shape index (κ3) is 6.63. The molecular weight excluding hydrogens is 457 g/mol. The fourth-order valence-corrected chi connectivity index (χ4v) is 5.16. The highest BCUT2D eigenvalue weighted by Crippen LogP contribution is 2.44. The minimum atomic E-state index is -0.574. The van der Waals surface area contributed by atoms with Gasteiger partial charge in [-0.3, -0.25) is 0 Å². The van der Waals surface area contributed by atoms with Crippen LogP contribution in [0.5, 0.6) is 0 Å². The van der Waals surface area contributed by atoms with E-state index in [1.54, 1.807) is 0 Å². The number of carbonyl (C=O) groups is 1. The maximum Gasteiger partial charge on any atom is 0.410 e. The normalized spacial score (nSPS) is 18.9. The number of rotatable bonds is 6. The molecule has 1 aliphatic rings. The highest BCUT2D eigenvalue weighted by atomic mass is 35.5. The number of nitrogens with zero attached hydrogens (tertiary/aromatic N) is 1. The Morgan fingerprint density at radius 3 is 2.03 bits per heavy atom. The SMILES string of the molecule is CC(C)(C)OC(=O)N1CCC(c2ccc(CCN)cc2Cl)CC1c1ccc(CCN)cc1Cl. The molecule has 0 bridgehead atoms. The molecule has 0 spiro atoms. The van der Waals surface area contributed by atoms with Crippen molar-refractivity contribution in [1.82, 2.24) is 4.90 Å². The van der Waals surface area contributed by atoms with Crippen molar-refractivity contribution in [1.29, 1.82) is 0 Å². The standard InChI is InChI=1S/C26H35Cl2N3O2/c1-26(2,3)33-25(32)31-13-10-19(20-6-4-17(8-11-29)14-22(20)27)16-24(31)21-7-5-18(9-12-30)15-23(21)28/h4-7,14-15,19,24H,8-13,16,29-30H2,1-3H3. The second-order valence-corrected chi connectivity index (χ2v) is 10.5. The van der Waals surface area contributed by atoms with Gasteiger partial charge < -0.3 is 21.1 Å². The molecule has 1 amide bonds. The third-order valence-corrected chi connectivity index (χ3v) is 6.68. The van der Waals surface area contributed by atoms with Gasteiger partial charge in [-0.1, -0.05) is 47.5 Å². The summed E-state index contributed by atoms with van der Waals surface area (Å²) >= 11 is 13.4. The highest BCUT2D eigenvalue weighted by molar-refractivity contribution is 6.31. The Balaban J connectivity index is 1.93. The van der Waals surface area contributed by atoms with Crippen molar-refractivity contribution < 1.29 is 9.53 Å². The zero-order valence-corrected chi connectivity index (χ0v) is 21.3. The van der Waals surface area contributed by atoms with E-state index in [9.17, 15) is 4.79 Å². The van der Waals surface area contributed by atoms with Crippen molar-refractivity contribution in [3.8, 4) is 0 Å². The van der Waals surface area contributed by atoms with Gasteiger partial charge in [0.1, 0.15) is 5.60 Å². The van der Waals surface area contributed by atoms with Crippen molar-refractivity contribution in [2.75, 3.05) is 19.6 Å². The van der Waals surface area contributed by atoms with Crippen LogP contribution in [0.3, 0.4) is 0 Å². The number of piperidine rings is 1. The Morgan fingerprint density at radius 1 is 1.00 bits per heavy atom. The maximum absolute atomic E-state index is 13.1. The van der Waals surface area contributed by atoms with Crippen LogP contribution in [0.4, 0.5) is 4.79 Å². The van der Waals surface area contributed by atoms with Gasteiger partial charge in [-0.25, -0.2) is 4.79 Å². The van der Waals surface area contributed by atoms with E-state index in [4.69, 9.17) is 39.4 Å². The number of carbonyl (C=O) groups excluding carboxylic acids is 1. The summed E-state index contributed by atoms with van der Waals surface area (Å²) in [6.45, 7) is 7.35. The lowest BCUT2D eigenvalue weighted by atomic mass is 9.82. The van der Waals surface area contributed by atoms with E-state index in [0.29, 0.717) is 31.1 Å². The highest BCUT2D eigenvalue weighted by Gasteiger charge is 2.37. The smallest absolute Gasteiger partial charge is 0.410 e. The first-order chi connectivity index (χ1) is 15.6. The Hall–Kier alpha value is -1.79. The van der Waals surface area contributed by atoms with Crippen LogP contribution in [0.25, 0.3) is 0 Å². The zero-order valence-electron chi connectivity index (χ0n) is 19.7. The third-order valence-electron chi connectivity index (χ3n) is 6.03. The summed E-state index contributed by atoms with van der Waals surface area (Å²) in [5.41, 5.74) is 15.1. The van der Waals surface area contributed by atoms with Gasteiger partial charge in [0, 0.05) is 16.6 Å². The Bertz CT molecular complexity index is 974. The Kier molecular flexibility index (Phi) is 8.68. The van der Waals surface area contributed by atoms with Gasteiger partial charge in [-0.2, -0.15) is 0 Å². The average molecular weight is 492 g/mol. The van der Waals surface area contributed by atoms with Gasteiger partial charge in [0.05, 0.1) is 6.04 Å². The number of hydrogen-bond acceptors (Lipinski definition) is 4. The molecule has 4 N–H and O–H groups in total. The molecule has 1 fully saturated rings. The first kappa shape index (κ1) is 25.8. The number of halogens is 2. The summed E-state index contributed by atoms with van der Waals surface area (Å²) in [7, 11) is 0. The molecule has 3 rings (SSSR count). The van der Waals surface area contributed by atoms with Crippen molar-refractivity contribution in [2.45, 2.75) is 64.0 Å². The molecule has 1 saturated heterocycles. The van der Waals surface area contributed by atoms with Crippen LogP contribution >= 0.6 is 23.2 Å². The van der Waals surface area contributed by atoms with E-state index >= 15 is 0 Å². The molecule has 0 aliphatic carbocycles. The number of nitrogens with two attached hydrogens (primary N) is 2. The number of likely N-dealkylation sites (tertiary alicyclic amines) is 1. The molecule has 2 atom stereocenters. The van der Waals surface area contributed by atoms with Crippen molar-refractivity contribution >= 4 is 29.3 Å². The van der Waals surface area contributed by atoms with Crippen LogP contribution < -0.4 is 11.5 Å². The molecule has 180 valence electrons. The molecule has 1 heterocycles. The second-order valence-electron chi connectivity index (χ2n) is 9.70. The molecular formula is C26H35Cl2N3O2. The quantitative estimate of drug-likeness (QED) is 0.530. The van der Waals surface area contributed by atoms with Crippen LogP contribution in [0.15, 0.2) is 36.4 Å². The zero-order chi connectivity index (χ0) is 24.2. The van der Waals surface area contributed by atoms with Gasteiger partial charge in [0.15, 0.2) is 0 Å². The van der Waals surface area contributed by atoms with Gasteiger partial charge in [0.25, 0.3) is 0 Å². The van der Waals surface area contributed by atoms with Gasteiger partial charge >= 0.3 is 6.09 Å². The van der Waals surface area contributed by atoms with Crippen LogP contribution in [0, 0.1) is 0 Å². The largest absolute Gasteiger partial charge is 0.444 e. The molecule has 1 aliphatic heterocycles. The summed E-state index contributed by atoms with van der Waals surface area (Å²) < 4.78 is 5.73. The second kappa shape index (κ2) is 11.1. The first-order valence-electron chi connectivity index (χ1n) is 11.6. The summed E-state index contributed by atoms with van der Waals surface area (Å²) in [5.74, 6) is 0.202. The molecule has 2 aromatic rings. The molecule has 0 saturated carbocycles. The van der Waals surface area contributed by atoms with Crippen LogP contribution in [-0.4, -0.2) is 36.2 Å². The van der Waals surface area contributed by atoms with Crippen molar-refractivity contribution in [3.63, 3.8) is 0 Å². The lowest BCUT2D eigenvalue weighted by Crippen LogP contribution is -2.43. The number of benzene rings is 2. The first-order valence-corrected chi connectivity index (χ1v) is 12.3. The molecule has 0 aromatic heterocycles. The van der Waals surface area contributed by atoms with E-state index in [2.05, 4.69) is 12.1 Å². The lowest BCUT2D eigenvalue weighted by molar-refractivity contribution is 0.00766. The van der Waals surface area contributed by atoms with Crippen molar-refractivity contribution in [2.24, 2.45) is 11.5 Å². The maximum atomic E-state index is 13.1. The predicted molar refractivity (Wildman–Crippen MR) is 136 cm³/mol. The molecule has 2 unspecified atom stereocenters. The fraction of sp³-hybridized carbons (Fsp3) is 0.500. The van der Waals surface area contributed by atoms with E-state index < -0.39 is 5.60 Å². The van der Waals surface area contributed by atoms with E-state index in [1.807, 2.05) is 49.9 Å². The summed E-state index contributed by atoms with van der Waals surface area (Å²) in [5, 5.41) is 1.39. The lowest BCUT2D eigenvalue weighted by Gasteiger charge is -2.41. The predicted octanol–water partition coefficient (Wildman–Crippen LogP) is 5.85. The topological polar surface area (TPSA) is 81.6 Å². The van der Waals surface area contributed by atoms with Crippen LogP contribution in [0.1, 0.15) is 67.8 Å². The molecule has 2 aromatic carbocycles. The van der Waals surface area contributed by atoms with Crippen LogP contribution in [0.2, 0.25) is 10.0 Å². The Labute approximate surface area is 207 Å². The van der Waals surface area contributed by atoms with E-state index in [0.717, 1.165) is 46.5 Å². The number of amides is 1. The fourth-order valence-electron chi connectivity index (χ4n) is 4.47. The molecule has 0 radical (unpaired) electrons. The molecule has 33 heavy (non-hydrogen) atoms. The molecule has 7 heteroatoms. The van der Waals surface area contributed by atoms with Gasteiger partial charge in [-0.15, -0.1) is 0 Å². The van der Waals surface area contributed by atoms with E-state index in [1.165, 1.54) is 0 Å². The summed E-state index contributed by atoms with van der Waals surface area (Å²) in [6, 6.07) is 12.0. The van der Waals surface area contributed by atoms with Gasteiger partial charge in [0.2, 0.25) is 0 Å². The average Bonchev–Trinajstić information content (AvgIpc) is 2.73. The number of ether oxygens (including phenoxy) is 1. The number of hydrogen-bond donors (Lipinski definition) is 2. The summed E-state index contributed by atoms with van der Waals surface area (Å²) in [6.07, 6.45) is 2.75. The van der Waals surface area contributed by atoms with Crippen molar-refractivity contribution in [3.05, 3.63) is 68.7 Å². The monoisotopic (exact) mass is 491 g/mol. The minimum Gasteiger partial charge on any atom is -0.444 e. The van der Waals surface area contributed by atoms with E-state index in [-0.39, 0.29) is 18.1 Å². The summed E-state index contributed by atoms with van der Waals surface area (Å²) in [4.78, 5) is 14.9. The van der Waals surface area contributed by atoms with Crippen LogP contribution in [-0.2, 0) is 17.6 Å². The minimum absolute atomic E-state index is 0.202.